The first-order chi connectivity index (χ1) is 8.54. The van der Waals surface area contributed by atoms with E-state index in [0.717, 1.165) is 0 Å². The summed E-state index contributed by atoms with van der Waals surface area (Å²) in [5.74, 6) is -0.743. The van der Waals surface area contributed by atoms with Gasteiger partial charge in [-0.1, -0.05) is 6.07 Å². The molecule has 1 aromatic rings. The number of nitrogens with zero attached hydrogens (tertiary/aromatic N) is 2. The molecule has 1 fully saturated rings. The fourth-order valence-corrected chi connectivity index (χ4v) is 1.91. The van der Waals surface area contributed by atoms with Crippen LogP contribution in [0.5, 0.6) is 0 Å². The molecule has 92 valence electrons. The van der Waals surface area contributed by atoms with Crippen LogP contribution in [-0.2, 0) is 9.59 Å². The predicted molar refractivity (Wildman–Crippen MR) is 65.5 cm³/mol. The van der Waals surface area contributed by atoms with Crippen LogP contribution in [0.2, 0.25) is 0 Å². The summed E-state index contributed by atoms with van der Waals surface area (Å²) in [5.41, 5.74) is 7.02. The van der Waals surface area contributed by atoms with E-state index < -0.39 is 6.04 Å². The minimum atomic E-state index is -0.501. The van der Waals surface area contributed by atoms with Gasteiger partial charge in [0.25, 0.3) is 0 Å². The van der Waals surface area contributed by atoms with Crippen LogP contribution in [0.25, 0.3) is 0 Å². The van der Waals surface area contributed by atoms with E-state index in [9.17, 15) is 9.59 Å². The number of imide groups is 1. The highest BCUT2D eigenvalue weighted by molar-refractivity contribution is 6.05. The molecule has 1 aliphatic heterocycles. The second kappa shape index (κ2) is 4.37. The molecule has 0 radical (unpaired) electrons. The van der Waals surface area contributed by atoms with Crippen LogP contribution in [-0.4, -0.2) is 24.4 Å². The quantitative estimate of drug-likeness (QED) is 0.534. The Morgan fingerprint density at radius 3 is 2.89 bits per heavy atom. The Labute approximate surface area is 104 Å². The lowest BCUT2D eigenvalue weighted by Crippen LogP contribution is -2.57. The third-order valence-electron chi connectivity index (χ3n) is 2.94. The Kier molecular flexibility index (Phi) is 2.90. The molecule has 0 saturated carbocycles. The molecule has 6 nitrogen and oxygen atoms in total. The van der Waals surface area contributed by atoms with E-state index in [0.29, 0.717) is 11.3 Å². The Morgan fingerprint density at radius 1 is 1.50 bits per heavy atom. The van der Waals surface area contributed by atoms with Crippen molar-refractivity contribution in [1.29, 1.82) is 5.26 Å². The van der Waals surface area contributed by atoms with Gasteiger partial charge in [-0.25, -0.2) is 0 Å². The molecule has 18 heavy (non-hydrogen) atoms. The van der Waals surface area contributed by atoms with Crippen molar-refractivity contribution in [2.24, 2.45) is 0 Å². The van der Waals surface area contributed by atoms with Crippen molar-refractivity contribution < 1.29 is 9.59 Å². The second-order valence-corrected chi connectivity index (χ2v) is 4.07. The van der Waals surface area contributed by atoms with Gasteiger partial charge >= 0.3 is 0 Å². The van der Waals surface area contributed by atoms with E-state index in [2.05, 4.69) is 5.32 Å². The summed E-state index contributed by atoms with van der Waals surface area (Å²) in [6.45, 7) is 1.73. The van der Waals surface area contributed by atoms with Gasteiger partial charge in [-0.15, -0.1) is 0 Å². The number of nitrogen functional groups attached to an aromatic ring is 1. The number of amides is 2. The van der Waals surface area contributed by atoms with E-state index >= 15 is 0 Å². The zero-order valence-electron chi connectivity index (χ0n) is 9.80. The molecular weight excluding hydrogens is 232 g/mol. The van der Waals surface area contributed by atoms with Crippen molar-refractivity contribution in [1.82, 2.24) is 5.32 Å². The maximum absolute atomic E-state index is 11.6. The lowest BCUT2D eigenvalue weighted by atomic mass is 10.1. The Hall–Kier alpha value is -2.55. The fraction of sp³-hybridized carbons (Fsp3) is 0.250. The Bertz CT molecular complexity index is 562. The number of benzene rings is 1. The molecule has 0 bridgehead atoms. The first-order valence-corrected chi connectivity index (χ1v) is 5.43. The summed E-state index contributed by atoms with van der Waals surface area (Å²) in [4.78, 5) is 24.6. The van der Waals surface area contributed by atoms with Crippen molar-refractivity contribution in [2.75, 3.05) is 17.2 Å². The average Bonchev–Trinajstić information content (AvgIpc) is 2.34. The molecule has 3 N–H and O–H groups in total. The number of rotatable bonds is 1. The molecule has 1 saturated heterocycles. The highest BCUT2D eigenvalue weighted by atomic mass is 16.2. The van der Waals surface area contributed by atoms with Gasteiger partial charge in [0.15, 0.2) is 0 Å². The summed E-state index contributed by atoms with van der Waals surface area (Å²) in [6.07, 6.45) is 0. The summed E-state index contributed by atoms with van der Waals surface area (Å²) >= 11 is 0. The van der Waals surface area contributed by atoms with E-state index in [1.54, 1.807) is 30.0 Å². The number of nitriles is 1. The third-order valence-corrected chi connectivity index (χ3v) is 2.94. The molecule has 0 aliphatic carbocycles. The number of para-hydroxylation sites is 1. The van der Waals surface area contributed by atoms with Gasteiger partial charge in [-0.3, -0.25) is 14.9 Å². The number of nitrogens with one attached hydrogen (secondary N) is 1. The molecule has 0 aromatic heterocycles. The van der Waals surface area contributed by atoms with Crippen LogP contribution in [0.4, 0.5) is 11.4 Å². The fourth-order valence-electron chi connectivity index (χ4n) is 1.91. The Morgan fingerprint density at radius 2 is 2.22 bits per heavy atom. The monoisotopic (exact) mass is 244 g/mol. The number of hydrogen-bond acceptors (Lipinski definition) is 5. The molecule has 1 atom stereocenters. The summed E-state index contributed by atoms with van der Waals surface area (Å²) in [6, 6.07) is 6.43. The lowest BCUT2D eigenvalue weighted by molar-refractivity contribution is -0.132. The molecular formula is C12H12N4O2. The standard InChI is InChI=1S/C12H12N4O2/c1-7-12(18)15-10(17)6-16(7)9-4-2-3-8(5-13)11(9)14/h2-4,7H,6,14H2,1H3,(H,15,17,18). The maximum Gasteiger partial charge on any atom is 0.249 e. The van der Waals surface area contributed by atoms with Gasteiger partial charge in [0.05, 0.1) is 23.5 Å². The Balaban J connectivity index is 2.45. The van der Waals surface area contributed by atoms with Crippen LogP contribution < -0.4 is 16.0 Å². The molecule has 1 aliphatic rings. The van der Waals surface area contributed by atoms with Gasteiger partial charge < -0.3 is 10.6 Å². The van der Waals surface area contributed by atoms with Crippen molar-refractivity contribution in [3.63, 3.8) is 0 Å². The van der Waals surface area contributed by atoms with Crippen LogP contribution >= 0.6 is 0 Å². The normalized spacial score (nSPS) is 19.3. The molecule has 1 heterocycles. The van der Waals surface area contributed by atoms with Gasteiger partial charge in [0, 0.05) is 0 Å². The minimum absolute atomic E-state index is 0.0476. The zero-order valence-corrected chi connectivity index (χ0v) is 9.80. The summed E-state index contributed by atoms with van der Waals surface area (Å²) < 4.78 is 0. The highest BCUT2D eigenvalue weighted by Crippen LogP contribution is 2.28. The van der Waals surface area contributed by atoms with Gasteiger partial charge in [-0.2, -0.15) is 5.26 Å². The number of carbonyl (C=O) groups excluding carboxylic acids is 2. The number of piperazine rings is 1. The number of anilines is 2. The first kappa shape index (κ1) is 11.9. The van der Waals surface area contributed by atoms with Crippen LogP contribution in [0.3, 0.4) is 0 Å². The predicted octanol–water partition coefficient (Wildman–Crippen LogP) is -0.00822. The van der Waals surface area contributed by atoms with E-state index in [-0.39, 0.29) is 24.0 Å². The largest absolute Gasteiger partial charge is 0.396 e. The smallest absolute Gasteiger partial charge is 0.249 e. The summed E-state index contributed by atoms with van der Waals surface area (Å²) in [7, 11) is 0. The molecule has 1 aromatic carbocycles. The highest BCUT2D eigenvalue weighted by Gasteiger charge is 2.31. The molecule has 2 rings (SSSR count). The van der Waals surface area contributed by atoms with Gasteiger partial charge in [-0.05, 0) is 19.1 Å². The van der Waals surface area contributed by atoms with E-state index in [1.807, 2.05) is 6.07 Å². The van der Waals surface area contributed by atoms with Crippen LogP contribution in [0, 0.1) is 11.3 Å². The third kappa shape index (κ3) is 1.86. The van der Waals surface area contributed by atoms with E-state index in [4.69, 9.17) is 11.0 Å². The van der Waals surface area contributed by atoms with Crippen molar-refractivity contribution in [3.8, 4) is 6.07 Å². The van der Waals surface area contributed by atoms with Gasteiger partial charge in [0.2, 0.25) is 11.8 Å². The lowest BCUT2D eigenvalue weighted by Gasteiger charge is -2.34. The van der Waals surface area contributed by atoms with Crippen molar-refractivity contribution in [3.05, 3.63) is 23.8 Å². The minimum Gasteiger partial charge on any atom is -0.396 e. The topological polar surface area (TPSA) is 99.2 Å². The zero-order chi connectivity index (χ0) is 13.3. The average molecular weight is 244 g/mol. The molecule has 2 amide bonds. The number of carbonyl (C=O) groups is 2. The van der Waals surface area contributed by atoms with Crippen LogP contribution in [0.15, 0.2) is 18.2 Å². The van der Waals surface area contributed by atoms with Crippen molar-refractivity contribution in [2.45, 2.75) is 13.0 Å². The SMILES string of the molecule is CC1C(=O)NC(=O)CN1c1cccc(C#N)c1N. The molecule has 0 spiro atoms. The maximum atomic E-state index is 11.6. The summed E-state index contributed by atoms with van der Waals surface area (Å²) in [5, 5.41) is 11.2. The van der Waals surface area contributed by atoms with E-state index in [1.165, 1.54) is 0 Å². The molecule has 6 heteroatoms. The molecule has 1 unspecified atom stereocenters. The second-order valence-electron chi connectivity index (χ2n) is 4.07. The van der Waals surface area contributed by atoms with Crippen LogP contribution in [0.1, 0.15) is 12.5 Å². The van der Waals surface area contributed by atoms with Gasteiger partial charge in [0.1, 0.15) is 12.1 Å². The first-order valence-electron chi connectivity index (χ1n) is 5.43. The number of nitrogens with two attached hydrogens (primary N) is 1. The van der Waals surface area contributed by atoms with Crippen molar-refractivity contribution >= 4 is 23.2 Å². The number of hydrogen-bond donors (Lipinski definition) is 2.